The maximum absolute atomic E-state index is 12.4. The van der Waals surface area contributed by atoms with Crippen LogP contribution in [0.25, 0.3) is 22.0 Å². The van der Waals surface area contributed by atoms with E-state index in [9.17, 15) is 4.79 Å². The molecule has 1 atom stereocenters. The number of rotatable bonds is 4. The number of fused-ring (bicyclic) bond motifs is 1. The van der Waals surface area contributed by atoms with Crippen molar-refractivity contribution in [3.05, 3.63) is 66.4 Å². The van der Waals surface area contributed by atoms with Crippen LogP contribution in [0, 0.1) is 0 Å². The zero-order chi connectivity index (χ0) is 19.7. The molecule has 0 saturated carbocycles. The second-order valence-corrected chi connectivity index (χ2v) is 7.66. The third-order valence-electron chi connectivity index (χ3n) is 4.88. The second kappa shape index (κ2) is 7.08. The molecule has 0 fully saturated rings. The van der Waals surface area contributed by atoms with Crippen molar-refractivity contribution in [2.75, 3.05) is 0 Å². The SMILES string of the molecule is CC(C)NC(=O)C1(C)CC(c2ccc3ncc(-c4ccccc4)cc3c2)=NO1. The molecule has 1 aromatic heterocycles. The Hall–Kier alpha value is -3.21. The molecule has 2 heterocycles. The van der Waals surface area contributed by atoms with Gasteiger partial charge in [0, 0.05) is 35.2 Å². The number of nitrogens with zero attached hydrogens (tertiary/aromatic N) is 2. The first-order valence-corrected chi connectivity index (χ1v) is 9.46. The molecule has 5 heteroatoms. The molecule has 0 saturated heterocycles. The number of carbonyl (C=O) groups is 1. The molecule has 2 aromatic carbocycles. The van der Waals surface area contributed by atoms with Crippen LogP contribution in [0.4, 0.5) is 0 Å². The van der Waals surface area contributed by atoms with Gasteiger partial charge in [0.15, 0.2) is 0 Å². The van der Waals surface area contributed by atoms with Crippen molar-refractivity contribution in [3.63, 3.8) is 0 Å². The van der Waals surface area contributed by atoms with Gasteiger partial charge in [0.2, 0.25) is 5.60 Å². The molecule has 142 valence electrons. The maximum Gasteiger partial charge on any atom is 0.267 e. The van der Waals surface area contributed by atoms with Gasteiger partial charge in [0.25, 0.3) is 5.91 Å². The van der Waals surface area contributed by atoms with Gasteiger partial charge in [-0.2, -0.15) is 0 Å². The summed E-state index contributed by atoms with van der Waals surface area (Å²) in [4.78, 5) is 22.6. The minimum Gasteiger partial charge on any atom is -0.379 e. The number of amides is 1. The van der Waals surface area contributed by atoms with E-state index in [1.807, 2.05) is 50.4 Å². The summed E-state index contributed by atoms with van der Waals surface area (Å²) < 4.78 is 0. The minimum atomic E-state index is -0.974. The predicted octanol–water partition coefficient (Wildman–Crippen LogP) is 4.31. The molecule has 0 bridgehead atoms. The summed E-state index contributed by atoms with van der Waals surface area (Å²) in [5.74, 6) is -0.143. The van der Waals surface area contributed by atoms with Crippen LogP contribution in [-0.2, 0) is 9.63 Å². The molecule has 1 amide bonds. The predicted molar refractivity (Wildman–Crippen MR) is 111 cm³/mol. The van der Waals surface area contributed by atoms with Crippen LogP contribution in [0.15, 0.2) is 65.9 Å². The number of pyridine rings is 1. The molecule has 1 N–H and O–H groups in total. The molecule has 3 aromatic rings. The molecule has 4 rings (SSSR count). The quantitative estimate of drug-likeness (QED) is 0.741. The molecule has 0 spiro atoms. The highest BCUT2D eigenvalue weighted by atomic mass is 16.7. The fourth-order valence-corrected chi connectivity index (χ4v) is 3.33. The van der Waals surface area contributed by atoms with Crippen LogP contribution >= 0.6 is 0 Å². The second-order valence-electron chi connectivity index (χ2n) is 7.66. The van der Waals surface area contributed by atoms with Crippen LogP contribution in [0.1, 0.15) is 32.8 Å². The molecule has 1 unspecified atom stereocenters. The van der Waals surface area contributed by atoms with E-state index in [0.717, 1.165) is 33.3 Å². The van der Waals surface area contributed by atoms with E-state index in [0.29, 0.717) is 6.42 Å². The molecular weight excluding hydrogens is 350 g/mol. The van der Waals surface area contributed by atoms with Crippen molar-refractivity contribution in [2.45, 2.75) is 38.8 Å². The summed E-state index contributed by atoms with van der Waals surface area (Å²) in [5.41, 5.74) is 3.86. The Labute approximate surface area is 164 Å². The van der Waals surface area contributed by atoms with Crippen LogP contribution in [0.3, 0.4) is 0 Å². The van der Waals surface area contributed by atoms with Crippen LogP contribution in [0.2, 0.25) is 0 Å². The van der Waals surface area contributed by atoms with Gasteiger partial charge in [0.05, 0.1) is 11.2 Å². The van der Waals surface area contributed by atoms with E-state index in [4.69, 9.17) is 4.84 Å². The number of benzene rings is 2. The first kappa shape index (κ1) is 18.2. The van der Waals surface area contributed by atoms with Gasteiger partial charge < -0.3 is 10.2 Å². The molecule has 1 aliphatic rings. The van der Waals surface area contributed by atoms with Crippen LogP contribution in [-0.4, -0.2) is 28.2 Å². The highest BCUT2D eigenvalue weighted by Crippen LogP contribution is 2.29. The Morgan fingerprint density at radius 1 is 1.07 bits per heavy atom. The zero-order valence-electron chi connectivity index (χ0n) is 16.3. The number of hydrogen-bond acceptors (Lipinski definition) is 4. The van der Waals surface area contributed by atoms with Gasteiger partial charge in [0.1, 0.15) is 0 Å². The minimum absolute atomic E-state index is 0.0557. The Morgan fingerprint density at radius 3 is 2.57 bits per heavy atom. The number of hydrogen-bond donors (Lipinski definition) is 1. The summed E-state index contributed by atoms with van der Waals surface area (Å²) in [6.45, 7) is 5.63. The first-order valence-electron chi connectivity index (χ1n) is 9.46. The lowest BCUT2D eigenvalue weighted by molar-refractivity contribution is -0.142. The molecule has 0 radical (unpaired) electrons. The van der Waals surface area contributed by atoms with Crippen LogP contribution < -0.4 is 5.32 Å². The van der Waals surface area contributed by atoms with E-state index in [1.165, 1.54) is 0 Å². The van der Waals surface area contributed by atoms with Crippen molar-refractivity contribution < 1.29 is 9.63 Å². The van der Waals surface area contributed by atoms with E-state index in [-0.39, 0.29) is 11.9 Å². The largest absolute Gasteiger partial charge is 0.379 e. The number of carbonyl (C=O) groups excluding carboxylic acids is 1. The first-order chi connectivity index (χ1) is 13.4. The third-order valence-corrected chi connectivity index (χ3v) is 4.88. The summed E-state index contributed by atoms with van der Waals surface area (Å²) in [6, 6.07) is 18.4. The summed E-state index contributed by atoms with van der Waals surface area (Å²) >= 11 is 0. The monoisotopic (exact) mass is 373 g/mol. The van der Waals surface area contributed by atoms with E-state index in [1.54, 1.807) is 6.92 Å². The van der Waals surface area contributed by atoms with E-state index < -0.39 is 5.60 Å². The number of aromatic nitrogens is 1. The summed E-state index contributed by atoms with van der Waals surface area (Å²) in [5, 5.41) is 8.14. The molecule has 1 aliphatic heterocycles. The smallest absolute Gasteiger partial charge is 0.267 e. The molecular formula is C23H23N3O2. The van der Waals surface area contributed by atoms with E-state index >= 15 is 0 Å². The van der Waals surface area contributed by atoms with Gasteiger partial charge in [-0.05, 0) is 44.5 Å². The fourth-order valence-electron chi connectivity index (χ4n) is 3.33. The molecule has 28 heavy (non-hydrogen) atoms. The zero-order valence-corrected chi connectivity index (χ0v) is 16.3. The Bertz CT molecular complexity index is 1060. The highest BCUT2D eigenvalue weighted by molar-refractivity contribution is 6.07. The third kappa shape index (κ3) is 3.48. The van der Waals surface area contributed by atoms with Crippen LogP contribution in [0.5, 0.6) is 0 Å². The summed E-state index contributed by atoms with van der Waals surface area (Å²) in [7, 11) is 0. The maximum atomic E-state index is 12.4. The van der Waals surface area contributed by atoms with Crippen molar-refractivity contribution in [2.24, 2.45) is 5.16 Å². The van der Waals surface area contributed by atoms with Gasteiger partial charge in [-0.25, -0.2) is 0 Å². The van der Waals surface area contributed by atoms with Gasteiger partial charge in [-0.3, -0.25) is 9.78 Å². The van der Waals surface area contributed by atoms with Crippen molar-refractivity contribution >= 4 is 22.5 Å². The molecule has 0 aliphatic carbocycles. The van der Waals surface area contributed by atoms with Gasteiger partial charge in [-0.1, -0.05) is 41.6 Å². The lowest BCUT2D eigenvalue weighted by Crippen LogP contribution is -2.47. The number of nitrogens with one attached hydrogen (secondary N) is 1. The fraction of sp³-hybridized carbons (Fsp3) is 0.261. The lowest BCUT2D eigenvalue weighted by atomic mass is 9.94. The Kier molecular flexibility index (Phi) is 4.59. The average Bonchev–Trinajstić information content (AvgIpc) is 3.11. The molecule has 5 nitrogen and oxygen atoms in total. The van der Waals surface area contributed by atoms with E-state index in [2.05, 4.69) is 39.7 Å². The normalized spacial score (nSPS) is 18.8. The summed E-state index contributed by atoms with van der Waals surface area (Å²) in [6.07, 6.45) is 2.32. The highest BCUT2D eigenvalue weighted by Gasteiger charge is 2.42. The average molecular weight is 373 g/mol. The van der Waals surface area contributed by atoms with Crippen molar-refractivity contribution in [1.29, 1.82) is 0 Å². The standard InChI is InChI=1S/C23H23N3O2/c1-15(2)25-22(27)23(3)13-21(26-28-23)17-9-10-20-18(11-17)12-19(14-24-20)16-7-5-4-6-8-16/h4-12,14-15H,13H2,1-3H3,(H,25,27). The Balaban J connectivity index is 1.62. The van der Waals surface area contributed by atoms with Crippen molar-refractivity contribution in [3.8, 4) is 11.1 Å². The van der Waals surface area contributed by atoms with Gasteiger partial charge in [-0.15, -0.1) is 0 Å². The topological polar surface area (TPSA) is 63.6 Å². The van der Waals surface area contributed by atoms with Gasteiger partial charge >= 0.3 is 0 Å². The number of oxime groups is 1. The van der Waals surface area contributed by atoms with Crippen molar-refractivity contribution in [1.82, 2.24) is 10.3 Å². The lowest BCUT2D eigenvalue weighted by Gasteiger charge is -2.21. The Morgan fingerprint density at radius 2 is 1.82 bits per heavy atom.